The summed E-state index contributed by atoms with van der Waals surface area (Å²) < 4.78 is 5.24. The van der Waals surface area contributed by atoms with Gasteiger partial charge in [-0.3, -0.25) is 0 Å². The molecule has 1 N–H and O–H groups in total. The molecule has 0 amide bonds. The van der Waals surface area contributed by atoms with Gasteiger partial charge < -0.3 is 10.1 Å². The molecule has 5 heteroatoms. The molecule has 0 aliphatic heterocycles. The number of hydrogen-bond donors (Lipinski definition) is 1. The van der Waals surface area contributed by atoms with E-state index in [1.807, 2.05) is 42.0 Å². The molecule has 20 heavy (non-hydrogen) atoms. The lowest BCUT2D eigenvalue weighted by Crippen LogP contribution is -2.06. The maximum atomic E-state index is 5.24. The highest BCUT2D eigenvalue weighted by Gasteiger charge is 2.03. The van der Waals surface area contributed by atoms with E-state index in [0.29, 0.717) is 0 Å². The molecular weight excluding hydrogens is 270 g/mol. The third kappa shape index (κ3) is 2.72. The number of nitrogens with one attached hydrogen (secondary N) is 1. The van der Waals surface area contributed by atoms with Gasteiger partial charge >= 0.3 is 0 Å². The second-order valence-corrected chi connectivity index (χ2v) is 5.33. The maximum absolute atomic E-state index is 5.24. The minimum Gasteiger partial charge on any atom is -0.497 e. The van der Waals surface area contributed by atoms with Crippen molar-refractivity contribution in [3.8, 4) is 5.75 Å². The fourth-order valence-electron chi connectivity index (χ4n) is 2.09. The molecule has 3 rings (SSSR count). The van der Waals surface area contributed by atoms with Crippen molar-refractivity contribution in [3.05, 3.63) is 47.0 Å². The Kier molecular flexibility index (Phi) is 3.78. The summed E-state index contributed by atoms with van der Waals surface area (Å²) >= 11 is 1.68. The Morgan fingerprint density at radius 1 is 1.20 bits per heavy atom. The Balaban J connectivity index is 1.77. The van der Waals surface area contributed by atoms with Crippen LogP contribution >= 0.6 is 11.3 Å². The Labute approximate surface area is 121 Å². The number of aromatic nitrogens is 2. The third-order valence-corrected chi connectivity index (χ3v) is 3.93. The number of ether oxygens (including phenoxy) is 1. The van der Waals surface area contributed by atoms with E-state index in [1.54, 1.807) is 18.4 Å². The summed E-state index contributed by atoms with van der Waals surface area (Å²) in [6, 6.07) is 8.00. The number of nitrogens with zero attached hydrogens (tertiary/aromatic N) is 2. The van der Waals surface area contributed by atoms with Crippen molar-refractivity contribution in [2.45, 2.75) is 6.42 Å². The second kappa shape index (κ2) is 5.88. The van der Waals surface area contributed by atoms with Crippen LogP contribution in [-0.2, 0) is 6.42 Å². The molecule has 0 spiro atoms. The first-order valence-electron chi connectivity index (χ1n) is 6.42. The summed E-state index contributed by atoms with van der Waals surface area (Å²) in [5.74, 6) is 1.76. The van der Waals surface area contributed by atoms with E-state index in [9.17, 15) is 0 Å². The highest BCUT2D eigenvalue weighted by Crippen LogP contribution is 2.25. The zero-order valence-corrected chi connectivity index (χ0v) is 12.0. The number of rotatable bonds is 5. The first-order valence-corrected chi connectivity index (χ1v) is 7.30. The topological polar surface area (TPSA) is 47.0 Å². The van der Waals surface area contributed by atoms with Crippen molar-refractivity contribution in [3.63, 3.8) is 0 Å². The molecule has 0 bridgehead atoms. The summed E-state index contributed by atoms with van der Waals surface area (Å²) in [5, 5.41) is 8.74. The SMILES string of the molecule is COc1ccc2c(NCCc3nccs3)nccc2c1. The van der Waals surface area contributed by atoms with Crippen LogP contribution in [0.1, 0.15) is 5.01 Å². The zero-order chi connectivity index (χ0) is 13.8. The van der Waals surface area contributed by atoms with E-state index < -0.39 is 0 Å². The number of anilines is 1. The minimum absolute atomic E-state index is 0.825. The molecule has 0 unspecified atom stereocenters. The Morgan fingerprint density at radius 3 is 2.95 bits per heavy atom. The standard InChI is InChI=1S/C15H15N3OS/c1-19-12-2-3-13-11(10-12)4-6-17-15(13)18-7-5-14-16-8-9-20-14/h2-4,6,8-10H,5,7H2,1H3,(H,17,18). The van der Waals surface area contributed by atoms with E-state index in [2.05, 4.69) is 15.3 Å². The average Bonchev–Trinajstić information content (AvgIpc) is 3.00. The molecule has 0 aliphatic carbocycles. The smallest absolute Gasteiger partial charge is 0.133 e. The van der Waals surface area contributed by atoms with E-state index in [4.69, 9.17) is 4.74 Å². The van der Waals surface area contributed by atoms with E-state index in [0.717, 1.165) is 40.3 Å². The van der Waals surface area contributed by atoms with Crippen LogP contribution in [0, 0.1) is 0 Å². The first-order chi connectivity index (χ1) is 9.86. The molecular formula is C15H15N3OS. The van der Waals surface area contributed by atoms with E-state index in [-0.39, 0.29) is 0 Å². The van der Waals surface area contributed by atoms with Gasteiger partial charge in [-0.2, -0.15) is 0 Å². The lowest BCUT2D eigenvalue weighted by Gasteiger charge is -2.09. The fraction of sp³-hybridized carbons (Fsp3) is 0.200. The van der Waals surface area contributed by atoms with Gasteiger partial charge in [0.15, 0.2) is 0 Å². The molecule has 0 aliphatic rings. The number of hydrogen-bond acceptors (Lipinski definition) is 5. The van der Waals surface area contributed by atoms with Gasteiger partial charge in [-0.15, -0.1) is 11.3 Å². The maximum Gasteiger partial charge on any atom is 0.133 e. The zero-order valence-electron chi connectivity index (χ0n) is 11.2. The van der Waals surface area contributed by atoms with Gasteiger partial charge in [-0.05, 0) is 29.7 Å². The Bertz CT molecular complexity index is 697. The molecule has 0 fully saturated rings. The van der Waals surface area contributed by atoms with E-state index >= 15 is 0 Å². The van der Waals surface area contributed by atoms with E-state index in [1.165, 1.54) is 0 Å². The normalized spacial score (nSPS) is 10.7. The summed E-state index contributed by atoms with van der Waals surface area (Å²) in [4.78, 5) is 8.69. The number of fused-ring (bicyclic) bond motifs is 1. The van der Waals surface area contributed by atoms with Crippen molar-refractivity contribution in [2.75, 3.05) is 19.0 Å². The molecule has 0 saturated heterocycles. The van der Waals surface area contributed by atoms with Crippen molar-refractivity contribution >= 4 is 27.9 Å². The molecule has 0 saturated carbocycles. The third-order valence-electron chi connectivity index (χ3n) is 3.09. The van der Waals surface area contributed by atoms with Crippen molar-refractivity contribution in [1.82, 2.24) is 9.97 Å². The van der Waals surface area contributed by atoms with Crippen LogP contribution in [0.4, 0.5) is 5.82 Å². The summed E-state index contributed by atoms with van der Waals surface area (Å²) in [7, 11) is 1.68. The van der Waals surface area contributed by atoms with Crippen LogP contribution < -0.4 is 10.1 Å². The monoisotopic (exact) mass is 285 g/mol. The number of benzene rings is 1. The quantitative estimate of drug-likeness (QED) is 0.781. The Hall–Kier alpha value is -2.14. The van der Waals surface area contributed by atoms with Gasteiger partial charge in [0, 0.05) is 36.1 Å². The van der Waals surface area contributed by atoms with Gasteiger partial charge in [-0.1, -0.05) is 0 Å². The van der Waals surface area contributed by atoms with Gasteiger partial charge in [-0.25, -0.2) is 9.97 Å². The predicted molar refractivity (Wildman–Crippen MR) is 82.6 cm³/mol. The van der Waals surface area contributed by atoms with Crippen LogP contribution in [0.15, 0.2) is 42.0 Å². The van der Waals surface area contributed by atoms with Crippen LogP contribution in [-0.4, -0.2) is 23.6 Å². The predicted octanol–water partition coefficient (Wildman–Crippen LogP) is 3.35. The average molecular weight is 285 g/mol. The van der Waals surface area contributed by atoms with Crippen molar-refractivity contribution in [1.29, 1.82) is 0 Å². The van der Waals surface area contributed by atoms with Gasteiger partial charge in [0.05, 0.1) is 12.1 Å². The van der Waals surface area contributed by atoms with Crippen LogP contribution in [0.25, 0.3) is 10.8 Å². The number of pyridine rings is 1. The molecule has 0 radical (unpaired) electrons. The molecule has 3 aromatic rings. The van der Waals surface area contributed by atoms with Gasteiger partial charge in [0.2, 0.25) is 0 Å². The second-order valence-electron chi connectivity index (χ2n) is 4.35. The van der Waals surface area contributed by atoms with Gasteiger partial charge in [0.1, 0.15) is 11.6 Å². The molecule has 102 valence electrons. The summed E-state index contributed by atoms with van der Waals surface area (Å²) in [5.41, 5.74) is 0. The highest BCUT2D eigenvalue weighted by atomic mass is 32.1. The number of methoxy groups -OCH3 is 1. The van der Waals surface area contributed by atoms with Crippen molar-refractivity contribution < 1.29 is 4.74 Å². The molecule has 4 nitrogen and oxygen atoms in total. The lowest BCUT2D eigenvalue weighted by atomic mass is 10.1. The fourth-order valence-corrected chi connectivity index (χ4v) is 2.71. The molecule has 1 aromatic carbocycles. The summed E-state index contributed by atoms with van der Waals surface area (Å²) in [6.45, 7) is 0.825. The first kappa shape index (κ1) is 12.9. The van der Waals surface area contributed by atoms with Crippen molar-refractivity contribution in [2.24, 2.45) is 0 Å². The highest BCUT2D eigenvalue weighted by molar-refractivity contribution is 7.09. The van der Waals surface area contributed by atoms with Crippen LogP contribution in [0.3, 0.4) is 0 Å². The van der Waals surface area contributed by atoms with Crippen LogP contribution in [0.5, 0.6) is 5.75 Å². The largest absolute Gasteiger partial charge is 0.497 e. The molecule has 2 aromatic heterocycles. The Morgan fingerprint density at radius 2 is 2.15 bits per heavy atom. The van der Waals surface area contributed by atoms with Gasteiger partial charge in [0.25, 0.3) is 0 Å². The lowest BCUT2D eigenvalue weighted by molar-refractivity contribution is 0.415. The van der Waals surface area contributed by atoms with Crippen LogP contribution in [0.2, 0.25) is 0 Å². The molecule has 0 atom stereocenters. The number of thiazole rings is 1. The minimum atomic E-state index is 0.825. The summed E-state index contributed by atoms with van der Waals surface area (Å²) in [6.07, 6.45) is 4.56. The molecule has 2 heterocycles.